The van der Waals surface area contributed by atoms with Gasteiger partial charge in [-0.15, -0.1) is 0 Å². The van der Waals surface area contributed by atoms with Crippen LogP contribution in [0, 0.1) is 5.92 Å². The number of carbonyl (C=O) groups is 1. The maximum Gasteiger partial charge on any atom is 0.222 e. The van der Waals surface area contributed by atoms with E-state index >= 15 is 0 Å². The highest BCUT2D eigenvalue weighted by molar-refractivity contribution is 5.75. The van der Waals surface area contributed by atoms with Gasteiger partial charge in [-0.2, -0.15) is 0 Å². The summed E-state index contributed by atoms with van der Waals surface area (Å²) in [5.41, 5.74) is 5.31. The minimum absolute atomic E-state index is 0.203. The van der Waals surface area contributed by atoms with Gasteiger partial charge < -0.3 is 10.6 Å². The Kier molecular flexibility index (Phi) is 5.72. The maximum atomic E-state index is 11.3. The van der Waals surface area contributed by atoms with Crippen molar-refractivity contribution in [1.82, 2.24) is 4.90 Å². The fourth-order valence-electron chi connectivity index (χ4n) is 1.09. The number of nitrogens with two attached hydrogens (primary N) is 1. The Bertz CT molecular complexity index is 134. The Labute approximate surface area is 74.9 Å². The highest BCUT2D eigenvalue weighted by atomic mass is 16.2. The van der Waals surface area contributed by atoms with Crippen LogP contribution >= 0.6 is 0 Å². The van der Waals surface area contributed by atoms with Gasteiger partial charge in [0.2, 0.25) is 5.91 Å². The summed E-state index contributed by atoms with van der Waals surface area (Å²) in [7, 11) is 1.85. The first kappa shape index (κ1) is 11.4. The SMILES string of the molecule is CC(C)CN(C)C(=O)CCCN. The Hall–Kier alpha value is -0.570. The molecule has 0 saturated heterocycles. The lowest BCUT2D eigenvalue weighted by Gasteiger charge is -2.18. The zero-order valence-corrected chi connectivity index (χ0v) is 8.34. The van der Waals surface area contributed by atoms with Gasteiger partial charge in [0.25, 0.3) is 0 Å². The summed E-state index contributed by atoms with van der Waals surface area (Å²) in [6, 6.07) is 0. The van der Waals surface area contributed by atoms with Gasteiger partial charge in [0.1, 0.15) is 0 Å². The predicted octanol–water partition coefficient (Wildman–Crippen LogP) is 0.840. The highest BCUT2D eigenvalue weighted by Gasteiger charge is 2.08. The molecule has 0 aromatic heterocycles. The smallest absolute Gasteiger partial charge is 0.222 e. The second kappa shape index (κ2) is 6.00. The summed E-state index contributed by atoms with van der Waals surface area (Å²) in [5.74, 6) is 0.742. The second-order valence-corrected chi connectivity index (χ2v) is 3.56. The van der Waals surface area contributed by atoms with Crippen LogP contribution < -0.4 is 5.73 Å². The van der Waals surface area contributed by atoms with Crippen LogP contribution in [0.3, 0.4) is 0 Å². The molecule has 1 amide bonds. The van der Waals surface area contributed by atoms with Gasteiger partial charge in [0.15, 0.2) is 0 Å². The van der Waals surface area contributed by atoms with Crippen LogP contribution in [0.5, 0.6) is 0 Å². The molecule has 2 N–H and O–H groups in total. The van der Waals surface area contributed by atoms with Crippen LogP contribution in [0.1, 0.15) is 26.7 Å². The zero-order chi connectivity index (χ0) is 9.56. The third-order valence-electron chi connectivity index (χ3n) is 1.66. The Morgan fingerprint density at radius 1 is 1.50 bits per heavy atom. The molecule has 0 aliphatic rings. The van der Waals surface area contributed by atoms with Crippen molar-refractivity contribution in [2.45, 2.75) is 26.7 Å². The first-order valence-electron chi connectivity index (χ1n) is 4.52. The number of rotatable bonds is 5. The van der Waals surface area contributed by atoms with Crippen molar-refractivity contribution in [3.8, 4) is 0 Å². The minimum Gasteiger partial charge on any atom is -0.346 e. The van der Waals surface area contributed by atoms with Gasteiger partial charge in [-0.3, -0.25) is 4.79 Å². The van der Waals surface area contributed by atoms with Gasteiger partial charge >= 0.3 is 0 Å². The topological polar surface area (TPSA) is 46.3 Å². The molecule has 0 saturated carbocycles. The molecule has 0 fully saturated rings. The summed E-state index contributed by atoms with van der Waals surface area (Å²) >= 11 is 0. The zero-order valence-electron chi connectivity index (χ0n) is 8.34. The summed E-state index contributed by atoms with van der Waals surface area (Å²) in [5, 5.41) is 0. The fourth-order valence-corrected chi connectivity index (χ4v) is 1.09. The number of hydrogen-bond acceptors (Lipinski definition) is 2. The van der Waals surface area contributed by atoms with E-state index in [-0.39, 0.29) is 5.91 Å². The predicted molar refractivity (Wildman–Crippen MR) is 50.8 cm³/mol. The molecule has 0 unspecified atom stereocenters. The number of nitrogens with zero attached hydrogens (tertiary/aromatic N) is 1. The van der Waals surface area contributed by atoms with Crippen molar-refractivity contribution < 1.29 is 4.79 Å². The molecule has 3 heteroatoms. The average molecular weight is 172 g/mol. The molecular weight excluding hydrogens is 152 g/mol. The van der Waals surface area contributed by atoms with Gasteiger partial charge in [0.05, 0.1) is 0 Å². The van der Waals surface area contributed by atoms with Crippen molar-refractivity contribution in [2.24, 2.45) is 11.7 Å². The molecule has 0 spiro atoms. The first-order chi connectivity index (χ1) is 5.57. The van der Waals surface area contributed by atoms with Crippen molar-refractivity contribution in [1.29, 1.82) is 0 Å². The van der Waals surface area contributed by atoms with Gasteiger partial charge in [-0.1, -0.05) is 13.8 Å². The number of amides is 1. The minimum atomic E-state index is 0.203. The molecule has 0 radical (unpaired) electrons. The molecule has 0 bridgehead atoms. The largest absolute Gasteiger partial charge is 0.346 e. The maximum absolute atomic E-state index is 11.3. The molecule has 12 heavy (non-hydrogen) atoms. The van der Waals surface area contributed by atoms with E-state index in [0.717, 1.165) is 13.0 Å². The molecule has 0 aliphatic heterocycles. The van der Waals surface area contributed by atoms with Crippen molar-refractivity contribution in [2.75, 3.05) is 20.1 Å². The van der Waals surface area contributed by atoms with Gasteiger partial charge in [-0.25, -0.2) is 0 Å². The lowest BCUT2D eigenvalue weighted by atomic mass is 10.2. The molecule has 0 atom stereocenters. The molecule has 3 nitrogen and oxygen atoms in total. The monoisotopic (exact) mass is 172 g/mol. The third kappa shape index (κ3) is 5.13. The van der Waals surface area contributed by atoms with E-state index in [4.69, 9.17) is 5.73 Å². The first-order valence-corrected chi connectivity index (χ1v) is 4.52. The molecule has 0 aromatic rings. The van der Waals surface area contributed by atoms with E-state index in [1.165, 1.54) is 0 Å². The standard InChI is InChI=1S/C9H20N2O/c1-8(2)7-11(3)9(12)5-4-6-10/h8H,4-7,10H2,1-3H3. The Balaban J connectivity index is 3.61. The Morgan fingerprint density at radius 3 is 2.50 bits per heavy atom. The molecule has 0 aromatic carbocycles. The van der Waals surface area contributed by atoms with E-state index in [0.29, 0.717) is 18.9 Å². The third-order valence-corrected chi connectivity index (χ3v) is 1.66. The van der Waals surface area contributed by atoms with Crippen LogP contribution in [0.2, 0.25) is 0 Å². The van der Waals surface area contributed by atoms with E-state index in [9.17, 15) is 4.79 Å². The lowest BCUT2D eigenvalue weighted by molar-refractivity contribution is -0.130. The summed E-state index contributed by atoms with van der Waals surface area (Å²) in [6.45, 7) is 5.64. The summed E-state index contributed by atoms with van der Waals surface area (Å²) in [6.07, 6.45) is 1.38. The van der Waals surface area contributed by atoms with Crippen molar-refractivity contribution in [3.63, 3.8) is 0 Å². The molecule has 0 heterocycles. The van der Waals surface area contributed by atoms with Crippen molar-refractivity contribution >= 4 is 5.91 Å². The van der Waals surface area contributed by atoms with Crippen molar-refractivity contribution in [3.05, 3.63) is 0 Å². The highest BCUT2D eigenvalue weighted by Crippen LogP contribution is 1.99. The molecule has 0 aliphatic carbocycles. The van der Waals surface area contributed by atoms with Crippen LogP contribution in [0.25, 0.3) is 0 Å². The van der Waals surface area contributed by atoms with Crippen LogP contribution in [-0.2, 0) is 4.79 Å². The quantitative estimate of drug-likeness (QED) is 0.668. The number of carbonyl (C=O) groups excluding carboxylic acids is 1. The van der Waals surface area contributed by atoms with Crippen LogP contribution in [0.4, 0.5) is 0 Å². The lowest BCUT2D eigenvalue weighted by Crippen LogP contribution is -2.30. The Morgan fingerprint density at radius 2 is 2.08 bits per heavy atom. The summed E-state index contributed by atoms with van der Waals surface area (Å²) in [4.78, 5) is 13.1. The van der Waals surface area contributed by atoms with Gasteiger partial charge in [0, 0.05) is 20.0 Å². The average Bonchev–Trinajstić information content (AvgIpc) is 1.98. The van der Waals surface area contributed by atoms with Crippen LogP contribution in [0.15, 0.2) is 0 Å². The normalized spacial score (nSPS) is 10.4. The van der Waals surface area contributed by atoms with E-state index in [2.05, 4.69) is 13.8 Å². The summed E-state index contributed by atoms with van der Waals surface area (Å²) < 4.78 is 0. The van der Waals surface area contributed by atoms with Crippen LogP contribution in [-0.4, -0.2) is 30.9 Å². The van der Waals surface area contributed by atoms with E-state index in [1.807, 2.05) is 7.05 Å². The van der Waals surface area contributed by atoms with E-state index in [1.54, 1.807) is 4.90 Å². The second-order valence-electron chi connectivity index (χ2n) is 3.56. The van der Waals surface area contributed by atoms with Gasteiger partial charge in [-0.05, 0) is 18.9 Å². The molecule has 72 valence electrons. The van der Waals surface area contributed by atoms with E-state index < -0.39 is 0 Å². The number of hydrogen-bond donors (Lipinski definition) is 1. The molecular formula is C9H20N2O. The molecule has 0 rings (SSSR count). The fraction of sp³-hybridized carbons (Fsp3) is 0.889.